The molecule has 2 rings (SSSR count). The summed E-state index contributed by atoms with van der Waals surface area (Å²) in [4.78, 5) is 16.3. The van der Waals surface area contributed by atoms with E-state index in [2.05, 4.69) is 14.9 Å². The van der Waals surface area contributed by atoms with Crippen molar-refractivity contribution < 1.29 is 9.90 Å². The van der Waals surface area contributed by atoms with Gasteiger partial charge in [0.1, 0.15) is 0 Å². The Bertz CT molecular complexity index is 591. The Morgan fingerprint density at radius 2 is 2.20 bits per heavy atom. The number of hydrogen-bond donors (Lipinski definition) is 2. The molecule has 0 aliphatic heterocycles. The molecule has 0 aliphatic rings. The molecule has 5 heteroatoms. The van der Waals surface area contributed by atoms with Gasteiger partial charge in [-0.3, -0.25) is 9.78 Å². The fraction of sp³-hybridized carbons (Fsp3) is 0.333. The number of carbonyl (C=O) groups excluding carboxylic acids is 1. The van der Waals surface area contributed by atoms with Crippen LogP contribution in [0, 0.1) is 13.8 Å². The number of amides is 1. The smallest absolute Gasteiger partial charge is 0.253 e. The summed E-state index contributed by atoms with van der Waals surface area (Å²) in [5.74, 6) is -0.153. The van der Waals surface area contributed by atoms with E-state index < -0.39 is 0 Å². The predicted molar refractivity (Wildman–Crippen MR) is 76.7 cm³/mol. The molecule has 106 valence electrons. The van der Waals surface area contributed by atoms with Gasteiger partial charge in [-0.1, -0.05) is 6.07 Å². The van der Waals surface area contributed by atoms with E-state index in [1.807, 2.05) is 38.1 Å². The van der Waals surface area contributed by atoms with Gasteiger partial charge in [0.25, 0.3) is 5.91 Å². The molecule has 0 aliphatic carbocycles. The van der Waals surface area contributed by atoms with Gasteiger partial charge in [-0.05, 0) is 32.0 Å². The zero-order chi connectivity index (χ0) is 14.5. The first kappa shape index (κ1) is 14.3. The van der Waals surface area contributed by atoms with Gasteiger partial charge in [-0.25, -0.2) is 0 Å². The van der Waals surface area contributed by atoms with Crippen molar-refractivity contribution in [2.75, 3.05) is 13.2 Å². The van der Waals surface area contributed by atoms with Crippen molar-refractivity contribution in [2.45, 2.75) is 20.4 Å². The van der Waals surface area contributed by atoms with Crippen molar-refractivity contribution >= 4 is 5.91 Å². The van der Waals surface area contributed by atoms with Crippen LogP contribution in [0.4, 0.5) is 0 Å². The molecule has 20 heavy (non-hydrogen) atoms. The molecule has 1 amide bonds. The van der Waals surface area contributed by atoms with Gasteiger partial charge in [-0.2, -0.15) is 0 Å². The number of rotatable bonds is 5. The van der Waals surface area contributed by atoms with Crippen LogP contribution < -0.4 is 5.32 Å². The van der Waals surface area contributed by atoms with E-state index >= 15 is 0 Å². The van der Waals surface area contributed by atoms with E-state index in [1.54, 1.807) is 6.20 Å². The highest BCUT2D eigenvalue weighted by Crippen LogP contribution is 2.16. The van der Waals surface area contributed by atoms with E-state index in [9.17, 15) is 4.79 Å². The van der Waals surface area contributed by atoms with Crippen LogP contribution >= 0.6 is 0 Å². The van der Waals surface area contributed by atoms with Gasteiger partial charge >= 0.3 is 0 Å². The molecule has 0 unspecified atom stereocenters. The maximum absolute atomic E-state index is 12.0. The molecular weight excluding hydrogens is 254 g/mol. The van der Waals surface area contributed by atoms with E-state index in [0.717, 1.165) is 17.1 Å². The third-order valence-corrected chi connectivity index (χ3v) is 3.26. The zero-order valence-electron chi connectivity index (χ0n) is 11.8. The highest BCUT2D eigenvalue weighted by Gasteiger charge is 2.15. The number of pyridine rings is 1. The molecule has 2 N–H and O–H groups in total. The second kappa shape index (κ2) is 6.34. The summed E-state index contributed by atoms with van der Waals surface area (Å²) in [6, 6.07) is 7.66. The van der Waals surface area contributed by atoms with Gasteiger partial charge in [-0.15, -0.1) is 0 Å². The summed E-state index contributed by atoms with van der Waals surface area (Å²) in [5.41, 5.74) is 3.52. The minimum Gasteiger partial charge on any atom is -0.395 e. The molecule has 5 nitrogen and oxygen atoms in total. The van der Waals surface area contributed by atoms with Gasteiger partial charge in [0, 0.05) is 24.1 Å². The Kier molecular flexibility index (Phi) is 4.53. The molecule has 2 aromatic heterocycles. The lowest BCUT2D eigenvalue weighted by molar-refractivity contribution is 0.0944. The maximum Gasteiger partial charge on any atom is 0.253 e. The number of nitrogens with zero attached hydrogens (tertiary/aromatic N) is 2. The third kappa shape index (κ3) is 3.05. The third-order valence-electron chi connectivity index (χ3n) is 3.26. The van der Waals surface area contributed by atoms with Crippen molar-refractivity contribution in [1.82, 2.24) is 14.9 Å². The van der Waals surface area contributed by atoms with Gasteiger partial charge in [0.2, 0.25) is 0 Å². The van der Waals surface area contributed by atoms with E-state index in [4.69, 9.17) is 5.11 Å². The van der Waals surface area contributed by atoms with Crippen LogP contribution in [0.5, 0.6) is 0 Å². The fourth-order valence-corrected chi connectivity index (χ4v) is 2.19. The van der Waals surface area contributed by atoms with Crippen molar-refractivity contribution in [3.05, 3.63) is 53.1 Å². The molecule has 0 aromatic carbocycles. The zero-order valence-corrected chi connectivity index (χ0v) is 11.8. The number of aromatic nitrogens is 2. The summed E-state index contributed by atoms with van der Waals surface area (Å²) in [5, 5.41) is 11.4. The minimum absolute atomic E-state index is 0.0571. The van der Waals surface area contributed by atoms with Crippen molar-refractivity contribution in [1.29, 1.82) is 0 Å². The molecule has 0 radical (unpaired) electrons. The van der Waals surface area contributed by atoms with E-state index in [0.29, 0.717) is 12.1 Å². The summed E-state index contributed by atoms with van der Waals surface area (Å²) >= 11 is 0. The average molecular weight is 273 g/mol. The minimum atomic E-state index is -0.153. The highest BCUT2D eigenvalue weighted by atomic mass is 16.3. The quantitative estimate of drug-likeness (QED) is 0.862. The van der Waals surface area contributed by atoms with Crippen molar-refractivity contribution in [2.24, 2.45) is 0 Å². The average Bonchev–Trinajstić information content (AvgIpc) is 2.74. The summed E-state index contributed by atoms with van der Waals surface area (Å²) in [6.45, 7) is 4.75. The molecule has 2 heterocycles. The topological polar surface area (TPSA) is 67.2 Å². The SMILES string of the molecule is Cc1cc(C(=O)NCCO)c(C)n1Cc1ccccn1. The Morgan fingerprint density at radius 1 is 1.40 bits per heavy atom. The standard InChI is InChI=1S/C15H19N3O2/c1-11-9-14(15(20)17-7-8-19)12(2)18(11)10-13-5-3-4-6-16-13/h3-6,9,19H,7-8,10H2,1-2H3,(H,17,20). The lowest BCUT2D eigenvalue weighted by atomic mass is 10.2. The number of aliphatic hydroxyl groups is 1. The maximum atomic E-state index is 12.0. The van der Waals surface area contributed by atoms with Crippen LogP contribution in [-0.4, -0.2) is 33.7 Å². The Balaban J connectivity index is 2.23. The van der Waals surface area contributed by atoms with Crippen LogP contribution in [0.25, 0.3) is 0 Å². The summed E-state index contributed by atoms with van der Waals surface area (Å²) in [7, 11) is 0. The van der Waals surface area contributed by atoms with Gasteiger partial charge in [0.15, 0.2) is 0 Å². The Labute approximate surface area is 118 Å². The first-order chi connectivity index (χ1) is 9.63. The van der Waals surface area contributed by atoms with Crippen LogP contribution in [0.3, 0.4) is 0 Å². The van der Waals surface area contributed by atoms with Crippen LogP contribution in [0.15, 0.2) is 30.5 Å². The van der Waals surface area contributed by atoms with Crippen LogP contribution in [-0.2, 0) is 6.54 Å². The molecular formula is C15H19N3O2. The number of aliphatic hydroxyl groups excluding tert-OH is 1. The fourth-order valence-electron chi connectivity index (χ4n) is 2.19. The predicted octanol–water partition coefficient (Wildman–Crippen LogP) is 1.27. The van der Waals surface area contributed by atoms with Crippen molar-refractivity contribution in [3.8, 4) is 0 Å². The molecule has 0 saturated heterocycles. The van der Waals surface area contributed by atoms with Crippen molar-refractivity contribution in [3.63, 3.8) is 0 Å². The largest absolute Gasteiger partial charge is 0.395 e. The molecule has 0 spiro atoms. The Hall–Kier alpha value is -2.14. The second-order valence-corrected chi connectivity index (χ2v) is 4.67. The molecule has 0 bridgehead atoms. The number of hydrogen-bond acceptors (Lipinski definition) is 3. The first-order valence-corrected chi connectivity index (χ1v) is 6.59. The lowest BCUT2D eigenvalue weighted by Gasteiger charge is -2.09. The van der Waals surface area contributed by atoms with Crippen LogP contribution in [0.1, 0.15) is 27.4 Å². The lowest BCUT2D eigenvalue weighted by Crippen LogP contribution is -2.26. The monoisotopic (exact) mass is 273 g/mol. The molecule has 2 aromatic rings. The number of carbonyl (C=O) groups is 1. The van der Waals surface area contributed by atoms with Gasteiger partial charge in [0.05, 0.1) is 24.4 Å². The number of nitrogens with one attached hydrogen (secondary N) is 1. The summed E-state index contributed by atoms with van der Waals surface area (Å²) < 4.78 is 2.07. The second-order valence-electron chi connectivity index (χ2n) is 4.67. The van der Waals surface area contributed by atoms with Crippen LogP contribution in [0.2, 0.25) is 0 Å². The molecule has 0 saturated carbocycles. The summed E-state index contributed by atoms with van der Waals surface area (Å²) in [6.07, 6.45) is 1.76. The highest BCUT2D eigenvalue weighted by molar-refractivity contribution is 5.95. The number of aryl methyl sites for hydroxylation is 1. The van der Waals surface area contributed by atoms with E-state index in [1.165, 1.54) is 0 Å². The first-order valence-electron chi connectivity index (χ1n) is 6.59. The molecule has 0 atom stereocenters. The molecule has 0 fully saturated rings. The van der Waals surface area contributed by atoms with Gasteiger partial charge < -0.3 is 15.0 Å². The van der Waals surface area contributed by atoms with E-state index in [-0.39, 0.29) is 19.1 Å². The normalized spacial score (nSPS) is 10.6. The Morgan fingerprint density at radius 3 is 2.85 bits per heavy atom.